The molecule has 0 aromatic heterocycles. The lowest BCUT2D eigenvalue weighted by atomic mass is 9.84. The summed E-state index contributed by atoms with van der Waals surface area (Å²) in [6.45, 7) is 3.68. The van der Waals surface area contributed by atoms with E-state index < -0.39 is 29.2 Å². The lowest BCUT2D eigenvalue weighted by Gasteiger charge is -2.34. The molecule has 0 radical (unpaired) electrons. The van der Waals surface area contributed by atoms with E-state index in [2.05, 4.69) is 0 Å². The van der Waals surface area contributed by atoms with E-state index in [-0.39, 0.29) is 11.9 Å². The van der Waals surface area contributed by atoms with Gasteiger partial charge >= 0.3 is 11.9 Å². The second-order valence-electron chi connectivity index (χ2n) is 5.55. The fourth-order valence-corrected chi connectivity index (χ4v) is 3.49. The Labute approximate surface area is 112 Å². The Hall–Kier alpha value is -1.14. The first-order chi connectivity index (χ1) is 8.84. The molecule has 1 aliphatic heterocycles. The maximum atomic E-state index is 12.1. The van der Waals surface area contributed by atoms with Crippen LogP contribution in [-0.4, -0.2) is 44.7 Å². The summed E-state index contributed by atoms with van der Waals surface area (Å²) in [5.74, 6) is -3.49. The summed E-state index contributed by atoms with van der Waals surface area (Å²) in [4.78, 5) is 24.1. The molecule has 2 rings (SSSR count). The van der Waals surface area contributed by atoms with Gasteiger partial charge in [0.05, 0.1) is 7.11 Å². The number of hydrogen-bond donors (Lipinski definition) is 0. The Morgan fingerprint density at radius 1 is 1.26 bits per heavy atom. The minimum atomic E-state index is -1.30. The first-order valence-electron chi connectivity index (χ1n) is 6.25. The van der Waals surface area contributed by atoms with Crippen LogP contribution in [0.25, 0.3) is 0 Å². The number of esters is 2. The molecule has 1 aliphatic carbocycles. The smallest absolute Gasteiger partial charge is 0.315 e. The highest BCUT2D eigenvalue weighted by Crippen LogP contribution is 2.56. The topological polar surface area (TPSA) is 71.1 Å². The van der Waals surface area contributed by atoms with E-state index in [1.807, 2.05) is 13.8 Å². The Bertz CT molecular complexity index is 398. The minimum absolute atomic E-state index is 0.135. The zero-order valence-electron chi connectivity index (χ0n) is 11.9. The quantitative estimate of drug-likeness (QED) is 0.557. The average molecular weight is 272 g/mol. The van der Waals surface area contributed by atoms with Crippen molar-refractivity contribution in [3.8, 4) is 0 Å². The number of ether oxygens (including phenoxy) is 4. The van der Waals surface area contributed by atoms with Gasteiger partial charge < -0.3 is 18.9 Å². The van der Waals surface area contributed by atoms with Gasteiger partial charge in [-0.15, -0.1) is 0 Å². The fraction of sp³-hybridized carbons (Fsp3) is 0.846. The number of cyclic esters (lactones) is 1. The van der Waals surface area contributed by atoms with Gasteiger partial charge in [0.25, 0.3) is 0 Å². The Kier molecular flexibility index (Phi) is 3.35. The van der Waals surface area contributed by atoms with Gasteiger partial charge in [0.1, 0.15) is 17.4 Å². The number of carbonyl (C=O) groups excluding carboxylic acids is 2. The molecule has 1 saturated carbocycles. The van der Waals surface area contributed by atoms with Crippen LogP contribution < -0.4 is 0 Å². The number of carbonyl (C=O) groups is 2. The molecule has 1 saturated heterocycles. The normalized spacial score (nSPS) is 34.8. The number of hydrogen-bond acceptors (Lipinski definition) is 6. The average Bonchev–Trinajstić information content (AvgIpc) is 2.83. The summed E-state index contributed by atoms with van der Waals surface area (Å²) < 4.78 is 21.1. The van der Waals surface area contributed by atoms with Gasteiger partial charge in [0.15, 0.2) is 5.79 Å². The van der Waals surface area contributed by atoms with Gasteiger partial charge in [-0.1, -0.05) is 0 Å². The van der Waals surface area contributed by atoms with E-state index in [0.717, 1.165) is 0 Å². The van der Waals surface area contributed by atoms with Gasteiger partial charge in [-0.3, -0.25) is 9.59 Å². The maximum Gasteiger partial charge on any atom is 0.315 e. The predicted octanol–water partition coefficient (Wildman–Crippen LogP) is 0.736. The van der Waals surface area contributed by atoms with Crippen molar-refractivity contribution in [1.29, 1.82) is 0 Å². The second-order valence-corrected chi connectivity index (χ2v) is 5.55. The molecule has 0 amide bonds. The van der Waals surface area contributed by atoms with E-state index >= 15 is 0 Å². The molecule has 2 aliphatic rings. The van der Waals surface area contributed by atoms with Crippen molar-refractivity contribution in [1.82, 2.24) is 0 Å². The molecule has 0 spiro atoms. The van der Waals surface area contributed by atoms with Crippen LogP contribution in [0.2, 0.25) is 0 Å². The third-order valence-corrected chi connectivity index (χ3v) is 4.45. The second kappa shape index (κ2) is 4.45. The first-order valence-corrected chi connectivity index (χ1v) is 6.25. The van der Waals surface area contributed by atoms with Crippen LogP contribution in [0.4, 0.5) is 0 Å². The van der Waals surface area contributed by atoms with Crippen LogP contribution >= 0.6 is 0 Å². The van der Waals surface area contributed by atoms with Gasteiger partial charge in [-0.2, -0.15) is 0 Å². The van der Waals surface area contributed by atoms with Crippen LogP contribution in [0, 0.1) is 17.8 Å². The van der Waals surface area contributed by atoms with Crippen LogP contribution in [-0.2, 0) is 28.5 Å². The molecule has 19 heavy (non-hydrogen) atoms. The zero-order chi connectivity index (χ0) is 14.4. The lowest BCUT2D eigenvalue weighted by Crippen LogP contribution is -2.49. The highest BCUT2D eigenvalue weighted by Gasteiger charge is 2.70. The molecule has 2 fully saturated rings. The summed E-state index contributed by atoms with van der Waals surface area (Å²) in [5, 5.41) is 0. The zero-order valence-corrected chi connectivity index (χ0v) is 11.9. The van der Waals surface area contributed by atoms with E-state index in [4.69, 9.17) is 18.9 Å². The molecule has 0 aromatic carbocycles. The summed E-state index contributed by atoms with van der Waals surface area (Å²) >= 11 is 0. The van der Waals surface area contributed by atoms with E-state index in [0.29, 0.717) is 6.42 Å². The Morgan fingerprint density at radius 3 is 2.32 bits per heavy atom. The van der Waals surface area contributed by atoms with Crippen LogP contribution in [0.1, 0.15) is 20.3 Å². The van der Waals surface area contributed by atoms with Crippen molar-refractivity contribution < 1.29 is 28.5 Å². The van der Waals surface area contributed by atoms with Crippen molar-refractivity contribution in [3.05, 3.63) is 0 Å². The van der Waals surface area contributed by atoms with E-state index in [9.17, 15) is 9.59 Å². The van der Waals surface area contributed by atoms with Crippen molar-refractivity contribution in [2.75, 3.05) is 21.3 Å². The minimum Gasteiger partial charge on any atom is -0.469 e. The lowest BCUT2D eigenvalue weighted by molar-refractivity contribution is -0.252. The third kappa shape index (κ3) is 1.77. The van der Waals surface area contributed by atoms with Crippen LogP contribution in [0.15, 0.2) is 0 Å². The number of rotatable bonds is 3. The van der Waals surface area contributed by atoms with Crippen LogP contribution in [0.5, 0.6) is 0 Å². The van der Waals surface area contributed by atoms with E-state index in [1.165, 1.54) is 21.3 Å². The molecule has 0 bridgehead atoms. The Morgan fingerprint density at radius 2 is 1.84 bits per heavy atom. The standard InChI is InChI=1S/C13H20O6/c1-12(2)7-6-8(10(14)16-3)13(17-4,18-5)9(7)11(15)19-12/h7-9H,6H2,1-5H3/t7-,8-,9?/m0/s1. The number of fused-ring (bicyclic) bond motifs is 1. The summed E-state index contributed by atoms with van der Waals surface area (Å²) in [6, 6.07) is 0. The van der Waals surface area contributed by atoms with Gasteiger partial charge in [-0.05, 0) is 20.3 Å². The molecular weight excluding hydrogens is 252 g/mol. The van der Waals surface area contributed by atoms with Crippen molar-refractivity contribution in [3.63, 3.8) is 0 Å². The molecule has 1 unspecified atom stereocenters. The highest BCUT2D eigenvalue weighted by molar-refractivity contribution is 5.82. The monoisotopic (exact) mass is 272 g/mol. The fourth-order valence-electron chi connectivity index (χ4n) is 3.49. The summed E-state index contributed by atoms with van der Waals surface area (Å²) in [6.07, 6.45) is 0.442. The van der Waals surface area contributed by atoms with Gasteiger partial charge in [0, 0.05) is 20.1 Å². The molecule has 1 heterocycles. The van der Waals surface area contributed by atoms with Crippen molar-refractivity contribution in [2.24, 2.45) is 17.8 Å². The summed E-state index contributed by atoms with van der Waals surface area (Å²) in [7, 11) is 4.18. The molecular formula is C13H20O6. The summed E-state index contributed by atoms with van der Waals surface area (Å²) in [5.41, 5.74) is -0.632. The van der Waals surface area contributed by atoms with Crippen molar-refractivity contribution in [2.45, 2.75) is 31.7 Å². The molecule has 6 nitrogen and oxygen atoms in total. The molecule has 0 N–H and O–H groups in total. The molecule has 6 heteroatoms. The third-order valence-electron chi connectivity index (χ3n) is 4.45. The molecule has 0 aromatic rings. The van der Waals surface area contributed by atoms with Crippen molar-refractivity contribution >= 4 is 11.9 Å². The first kappa shape index (κ1) is 14.3. The molecule has 108 valence electrons. The van der Waals surface area contributed by atoms with Crippen LogP contribution in [0.3, 0.4) is 0 Å². The van der Waals surface area contributed by atoms with Gasteiger partial charge in [0.2, 0.25) is 0 Å². The SMILES string of the molecule is COC(=O)[C@@H]1C[C@H]2C(C(=O)OC2(C)C)C1(OC)OC. The Balaban J connectivity index is 2.46. The predicted molar refractivity (Wildman–Crippen MR) is 64.0 cm³/mol. The van der Waals surface area contributed by atoms with Gasteiger partial charge in [-0.25, -0.2) is 0 Å². The largest absolute Gasteiger partial charge is 0.469 e. The van der Waals surface area contributed by atoms with E-state index in [1.54, 1.807) is 0 Å². The maximum absolute atomic E-state index is 12.1. The molecule has 3 atom stereocenters. The number of methoxy groups -OCH3 is 3. The highest BCUT2D eigenvalue weighted by atomic mass is 16.7.